The van der Waals surface area contributed by atoms with Crippen molar-refractivity contribution in [2.24, 2.45) is 0 Å². The van der Waals surface area contributed by atoms with Gasteiger partial charge in [0.15, 0.2) is 11.6 Å². The van der Waals surface area contributed by atoms with Gasteiger partial charge < -0.3 is 9.84 Å². The van der Waals surface area contributed by atoms with Crippen LogP contribution in [0.2, 0.25) is 0 Å². The van der Waals surface area contributed by atoms with E-state index in [1.807, 2.05) is 0 Å². The van der Waals surface area contributed by atoms with E-state index in [0.29, 0.717) is 13.1 Å². The first kappa shape index (κ1) is 14.1. The number of nitrogens with zero attached hydrogens (tertiary/aromatic N) is 1. The minimum absolute atomic E-state index is 0.0788. The molecule has 0 saturated carbocycles. The Morgan fingerprint density at radius 1 is 1.47 bits per heavy atom. The topological polar surface area (TPSA) is 49.8 Å². The second-order valence-electron chi connectivity index (χ2n) is 4.25. The second-order valence-corrected chi connectivity index (χ2v) is 5.48. The first-order chi connectivity index (χ1) is 9.15. The number of aliphatic carboxylic acids is 1. The van der Waals surface area contributed by atoms with Crippen LogP contribution in [0.25, 0.3) is 0 Å². The van der Waals surface area contributed by atoms with Crippen molar-refractivity contribution < 1.29 is 19.0 Å². The summed E-state index contributed by atoms with van der Waals surface area (Å²) in [5.41, 5.74) is 0.166. The SMILES string of the molecule is COc1cccc([C@H](C(=O)O)N2CCSCC2)c1F. The number of carboxylic acid groups (broad SMARTS) is 1. The third-order valence-electron chi connectivity index (χ3n) is 3.15. The van der Waals surface area contributed by atoms with E-state index in [0.717, 1.165) is 11.5 Å². The van der Waals surface area contributed by atoms with Crippen molar-refractivity contribution in [3.63, 3.8) is 0 Å². The number of hydrogen-bond donors (Lipinski definition) is 1. The molecule has 0 unspecified atom stereocenters. The summed E-state index contributed by atoms with van der Waals surface area (Å²) < 4.78 is 19.1. The fourth-order valence-electron chi connectivity index (χ4n) is 2.22. The molecule has 1 aromatic carbocycles. The lowest BCUT2D eigenvalue weighted by atomic mass is 10.0. The molecule has 4 nitrogen and oxygen atoms in total. The molecular weight excluding hydrogens is 269 g/mol. The van der Waals surface area contributed by atoms with E-state index in [1.165, 1.54) is 19.2 Å². The summed E-state index contributed by atoms with van der Waals surface area (Å²) >= 11 is 1.78. The highest BCUT2D eigenvalue weighted by molar-refractivity contribution is 7.99. The number of halogens is 1. The number of carbonyl (C=O) groups is 1. The van der Waals surface area contributed by atoms with Crippen LogP contribution in [0.15, 0.2) is 18.2 Å². The Morgan fingerprint density at radius 2 is 2.16 bits per heavy atom. The maximum atomic E-state index is 14.2. The van der Waals surface area contributed by atoms with E-state index in [9.17, 15) is 14.3 Å². The maximum absolute atomic E-state index is 14.2. The van der Waals surface area contributed by atoms with Crippen molar-refractivity contribution in [2.75, 3.05) is 31.7 Å². The molecule has 1 aliphatic rings. The van der Waals surface area contributed by atoms with Gasteiger partial charge in [0.25, 0.3) is 0 Å². The van der Waals surface area contributed by atoms with Crippen molar-refractivity contribution in [3.8, 4) is 5.75 Å². The van der Waals surface area contributed by atoms with Crippen molar-refractivity contribution >= 4 is 17.7 Å². The number of thioether (sulfide) groups is 1. The predicted octanol–water partition coefficient (Wildman–Crippen LogP) is 2.01. The lowest BCUT2D eigenvalue weighted by molar-refractivity contribution is -0.143. The molecule has 0 amide bonds. The number of carboxylic acids is 1. The Bertz CT molecular complexity index is 463. The van der Waals surface area contributed by atoms with Crippen molar-refractivity contribution in [1.29, 1.82) is 0 Å². The normalized spacial score (nSPS) is 18.0. The quantitative estimate of drug-likeness (QED) is 0.917. The van der Waals surface area contributed by atoms with Crippen LogP contribution < -0.4 is 4.74 Å². The highest BCUT2D eigenvalue weighted by Gasteiger charge is 2.31. The van der Waals surface area contributed by atoms with Gasteiger partial charge in [-0.3, -0.25) is 9.69 Å². The molecule has 0 bridgehead atoms. The number of ether oxygens (including phenoxy) is 1. The van der Waals surface area contributed by atoms with Gasteiger partial charge >= 0.3 is 5.97 Å². The molecule has 104 valence electrons. The molecule has 1 atom stereocenters. The van der Waals surface area contributed by atoms with E-state index in [4.69, 9.17) is 4.74 Å². The van der Waals surface area contributed by atoms with E-state index < -0.39 is 17.8 Å². The molecule has 1 aliphatic heterocycles. The van der Waals surface area contributed by atoms with Gasteiger partial charge in [0.1, 0.15) is 6.04 Å². The minimum atomic E-state index is -1.03. The Hall–Kier alpha value is -1.27. The van der Waals surface area contributed by atoms with Gasteiger partial charge in [-0.05, 0) is 6.07 Å². The monoisotopic (exact) mass is 285 g/mol. The minimum Gasteiger partial charge on any atom is -0.494 e. The zero-order valence-electron chi connectivity index (χ0n) is 10.6. The zero-order valence-corrected chi connectivity index (χ0v) is 11.5. The zero-order chi connectivity index (χ0) is 13.8. The Morgan fingerprint density at radius 3 is 2.74 bits per heavy atom. The number of benzene rings is 1. The third-order valence-corrected chi connectivity index (χ3v) is 4.09. The molecule has 0 aliphatic carbocycles. The summed E-state index contributed by atoms with van der Waals surface area (Å²) in [7, 11) is 1.37. The van der Waals surface area contributed by atoms with E-state index in [1.54, 1.807) is 22.7 Å². The standard InChI is InChI=1S/C13H16FNO3S/c1-18-10-4-2-3-9(11(10)14)12(13(16)17)15-5-7-19-8-6-15/h2-4,12H,5-8H2,1H3,(H,16,17)/t12-/m1/s1. The lowest BCUT2D eigenvalue weighted by Crippen LogP contribution is -2.40. The van der Waals surface area contributed by atoms with E-state index >= 15 is 0 Å². The molecule has 0 spiro atoms. The first-order valence-electron chi connectivity index (χ1n) is 6.02. The molecule has 1 N–H and O–H groups in total. The summed E-state index contributed by atoms with van der Waals surface area (Å²) in [5, 5.41) is 9.41. The van der Waals surface area contributed by atoms with Gasteiger partial charge in [0.2, 0.25) is 0 Å². The van der Waals surface area contributed by atoms with Gasteiger partial charge in [-0.1, -0.05) is 12.1 Å². The molecule has 0 aromatic heterocycles. The second kappa shape index (κ2) is 6.25. The summed E-state index contributed by atoms with van der Waals surface area (Å²) in [5.74, 6) is 0.204. The Labute approximate surface area is 115 Å². The Kier molecular flexibility index (Phi) is 4.66. The van der Waals surface area contributed by atoms with Gasteiger partial charge in [-0.2, -0.15) is 11.8 Å². The van der Waals surface area contributed by atoms with Crippen LogP contribution in [-0.4, -0.2) is 47.7 Å². The van der Waals surface area contributed by atoms with Crippen LogP contribution in [0.1, 0.15) is 11.6 Å². The largest absolute Gasteiger partial charge is 0.494 e. The van der Waals surface area contributed by atoms with Crippen molar-refractivity contribution in [1.82, 2.24) is 4.90 Å². The van der Waals surface area contributed by atoms with E-state index in [-0.39, 0.29) is 11.3 Å². The highest BCUT2D eigenvalue weighted by Crippen LogP contribution is 2.30. The average molecular weight is 285 g/mol. The fourth-order valence-corrected chi connectivity index (χ4v) is 3.15. The summed E-state index contributed by atoms with van der Waals surface area (Å²) in [6.45, 7) is 1.30. The summed E-state index contributed by atoms with van der Waals surface area (Å²) in [6, 6.07) is 3.67. The summed E-state index contributed by atoms with van der Waals surface area (Å²) in [4.78, 5) is 13.3. The van der Waals surface area contributed by atoms with Crippen molar-refractivity contribution in [2.45, 2.75) is 6.04 Å². The summed E-state index contributed by atoms with van der Waals surface area (Å²) in [6.07, 6.45) is 0. The van der Waals surface area contributed by atoms with E-state index in [2.05, 4.69) is 0 Å². The first-order valence-corrected chi connectivity index (χ1v) is 7.17. The molecule has 19 heavy (non-hydrogen) atoms. The Balaban J connectivity index is 2.36. The van der Waals surface area contributed by atoms with Gasteiger partial charge in [0, 0.05) is 30.2 Å². The van der Waals surface area contributed by atoms with Crippen LogP contribution in [0.5, 0.6) is 5.75 Å². The van der Waals surface area contributed by atoms with Crippen LogP contribution in [0.4, 0.5) is 4.39 Å². The fraction of sp³-hybridized carbons (Fsp3) is 0.462. The van der Waals surface area contributed by atoms with Crippen LogP contribution in [0, 0.1) is 5.82 Å². The van der Waals surface area contributed by atoms with Crippen LogP contribution in [0.3, 0.4) is 0 Å². The predicted molar refractivity (Wildman–Crippen MR) is 72.2 cm³/mol. The number of methoxy groups -OCH3 is 1. The highest BCUT2D eigenvalue weighted by atomic mass is 32.2. The van der Waals surface area contributed by atoms with Gasteiger partial charge in [0.05, 0.1) is 7.11 Å². The number of rotatable bonds is 4. The lowest BCUT2D eigenvalue weighted by Gasteiger charge is -2.32. The molecule has 1 fully saturated rings. The average Bonchev–Trinajstić information content (AvgIpc) is 2.42. The van der Waals surface area contributed by atoms with Crippen LogP contribution in [-0.2, 0) is 4.79 Å². The van der Waals surface area contributed by atoms with Crippen molar-refractivity contribution in [3.05, 3.63) is 29.6 Å². The molecule has 1 saturated heterocycles. The molecule has 2 rings (SSSR count). The molecular formula is C13H16FNO3S. The molecule has 0 radical (unpaired) electrons. The molecule has 6 heteroatoms. The number of hydrogen-bond acceptors (Lipinski definition) is 4. The maximum Gasteiger partial charge on any atom is 0.325 e. The van der Waals surface area contributed by atoms with Gasteiger partial charge in [-0.25, -0.2) is 4.39 Å². The van der Waals surface area contributed by atoms with Gasteiger partial charge in [-0.15, -0.1) is 0 Å². The smallest absolute Gasteiger partial charge is 0.325 e. The molecule has 1 aromatic rings. The third kappa shape index (κ3) is 3.01. The van der Waals surface area contributed by atoms with Crippen LogP contribution >= 0.6 is 11.8 Å². The molecule has 1 heterocycles.